The Hall–Kier alpha value is -3.22. The molecular weight excluding hydrogens is 296 g/mol. The summed E-state index contributed by atoms with van der Waals surface area (Å²) in [5.74, 6) is 2.24. The summed E-state index contributed by atoms with van der Waals surface area (Å²) in [5, 5.41) is 6.34. The highest BCUT2D eigenvalue weighted by atomic mass is 16.5. The summed E-state index contributed by atoms with van der Waals surface area (Å²) < 4.78 is 11.0. The average Bonchev–Trinajstić information content (AvgIpc) is 2.97. The van der Waals surface area contributed by atoms with Gasteiger partial charge >= 0.3 is 0 Å². The molecule has 0 bridgehead atoms. The van der Waals surface area contributed by atoms with Gasteiger partial charge in [0.05, 0.1) is 11.4 Å². The van der Waals surface area contributed by atoms with Gasteiger partial charge in [0.15, 0.2) is 5.76 Å². The SMILES string of the molecule is Cc1cc(-c2cc(Oc3ccc(NC=O)nc3C)ccn2)on1. The summed E-state index contributed by atoms with van der Waals surface area (Å²) in [6.45, 7) is 3.64. The highest BCUT2D eigenvalue weighted by Crippen LogP contribution is 2.28. The van der Waals surface area contributed by atoms with Crippen LogP contribution in [0, 0.1) is 13.8 Å². The molecule has 23 heavy (non-hydrogen) atoms. The summed E-state index contributed by atoms with van der Waals surface area (Å²) >= 11 is 0. The summed E-state index contributed by atoms with van der Waals surface area (Å²) in [6.07, 6.45) is 2.21. The maximum Gasteiger partial charge on any atom is 0.212 e. The minimum atomic E-state index is 0.470. The van der Waals surface area contributed by atoms with Crippen LogP contribution in [0.3, 0.4) is 0 Å². The van der Waals surface area contributed by atoms with Crippen LogP contribution in [-0.2, 0) is 4.79 Å². The third kappa shape index (κ3) is 3.34. The van der Waals surface area contributed by atoms with Crippen LogP contribution >= 0.6 is 0 Å². The van der Waals surface area contributed by atoms with Gasteiger partial charge < -0.3 is 14.6 Å². The fraction of sp³-hybridized carbons (Fsp3) is 0.125. The Labute approximate surface area is 132 Å². The number of pyridine rings is 2. The van der Waals surface area contributed by atoms with E-state index in [9.17, 15) is 4.79 Å². The van der Waals surface area contributed by atoms with E-state index in [0.29, 0.717) is 40.9 Å². The van der Waals surface area contributed by atoms with Crippen molar-refractivity contribution < 1.29 is 14.1 Å². The molecule has 3 rings (SSSR count). The molecule has 3 heterocycles. The van der Waals surface area contributed by atoms with Crippen molar-refractivity contribution in [1.82, 2.24) is 15.1 Å². The summed E-state index contributed by atoms with van der Waals surface area (Å²) in [5.41, 5.74) is 2.07. The number of anilines is 1. The van der Waals surface area contributed by atoms with Crippen molar-refractivity contribution in [2.45, 2.75) is 13.8 Å². The number of aromatic nitrogens is 3. The maximum atomic E-state index is 10.4. The second-order valence-electron chi connectivity index (χ2n) is 4.85. The van der Waals surface area contributed by atoms with Crippen LogP contribution in [0.5, 0.6) is 11.5 Å². The quantitative estimate of drug-likeness (QED) is 0.728. The zero-order valence-corrected chi connectivity index (χ0v) is 12.6. The first-order valence-corrected chi connectivity index (χ1v) is 6.91. The molecule has 0 atom stereocenters. The number of nitrogens with zero attached hydrogens (tertiary/aromatic N) is 3. The topological polar surface area (TPSA) is 90.1 Å². The van der Waals surface area contributed by atoms with E-state index >= 15 is 0 Å². The van der Waals surface area contributed by atoms with Crippen LogP contribution in [0.15, 0.2) is 41.1 Å². The monoisotopic (exact) mass is 310 g/mol. The minimum absolute atomic E-state index is 0.470. The molecule has 7 nitrogen and oxygen atoms in total. The lowest BCUT2D eigenvalue weighted by molar-refractivity contribution is -0.105. The number of hydrogen-bond donors (Lipinski definition) is 1. The molecular formula is C16H14N4O3. The third-order valence-corrected chi connectivity index (χ3v) is 3.08. The van der Waals surface area contributed by atoms with E-state index in [1.165, 1.54) is 0 Å². The third-order valence-electron chi connectivity index (χ3n) is 3.08. The van der Waals surface area contributed by atoms with E-state index in [1.807, 2.05) is 6.92 Å². The Morgan fingerprint density at radius 2 is 2.09 bits per heavy atom. The highest BCUT2D eigenvalue weighted by molar-refractivity contribution is 5.69. The number of nitrogens with one attached hydrogen (secondary N) is 1. The lowest BCUT2D eigenvalue weighted by Gasteiger charge is -2.09. The Morgan fingerprint density at radius 1 is 1.22 bits per heavy atom. The van der Waals surface area contributed by atoms with E-state index in [2.05, 4.69) is 20.4 Å². The van der Waals surface area contributed by atoms with Crippen molar-refractivity contribution in [2.24, 2.45) is 0 Å². The van der Waals surface area contributed by atoms with Gasteiger partial charge in [0.2, 0.25) is 6.41 Å². The maximum absolute atomic E-state index is 10.4. The molecule has 0 aliphatic carbocycles. The Balaban J connectivity index is 1.84. The van der Waals surface area contributed by atoms with Crippen molar-refractivity contribution in [3.05, 3.63) is 47.9 Å². The number of aryl methyl sites for hydroxylation is 2. The number of rotatable bonds is 5. The highest BCUT2D eigenvalue weighted by Gasteiger charge is 2.09. The summed E-state index contributed by atoms with van der Waals surface area (Å²) in [4.78, 5) is 18.9. The van der Waals surface area contributed by atoms with Crippen LogP contribution < -0.4 is 10.1 Å². The van der Waals surface area contributed by atoms with Crippen LogP contribution in [-0.4, -0.2) is 21.5 Å². The van der Waals surface area contributed by atoms with Crippen molar-refractivity contribution in [2.75, 3.05) is 5.32 Å². The standard InChI is InChI=1S/C16H14N4O3/c1-10-7-15(23-20-10)13-8-12(5-6-17-13)22-14-3-4-16(18-9-21)19-11(14)2/h3-9H,1-2H3,(H,18,19,21). The van der Waals surface area contributed by atoms with Gasteiger partial charge in [-0.3, -0.25) is 9.78 Å². The van der Waals surface area contributed by atoms with Gasteiger partial charge in [-0.1, -0.05) is 5.16 Å². The number of ether oxygens (including phenoxy) is 1. The second kappa shape index (κ2) is 6.27. The van der Waals surface area contributed by atoms with Gasteiger partial charge in [0.25, 0.3) is 0 Å². The zero-order valence-electron chi connectivity index (χ0n) is 12.6. The van der Waals surface area contributed by atoms with E-state index < -0.39 is 0 Å². The molecule has 3 aromatic heterocycles. The van der Waals surface area contributed by atoms with Crippen LogP contribution in [0.1, 0.15) is 11.4 Å². The predicted octanol–water partition coefficient (Wildman–Crippen LogP) is 3.11. The van der Waals surface area contributed by atoms with Gasteiger partial charge in [0, 0.05) is 18.3 Å². The summed E-state index contributed by atoms with van der Waals surface area (Å²) in [7, 11) is 0. The molecule has 1 N–H and O–H groups in total. The van der Waals surface area contributed by atoms with Gasteiger partial charge in [-0.05, 0) is 32.0 Å². The first-order chi connectivity index (χ1) is 11.2. The Bertz CT molecular complexity index is 845. The van der Waals surface area contributed by atoms with Crippen molar-refractivity contribution in [1.29, 1.82) is 0 Å². The molecule has 3 aromatic rings. The Morgan fingerprint density at radius 3 is 2.78 bits per heavy atom. The lowest BCUT2D eigenvalue weighted by atomic mass is 10.2. The van der Waals surface area contributed by atoms with Crippen LogP contribution in [0.2, 0.25) is 0 Å². The van der Waals surface area contributed by atoms with E-state index in [0.717, 1.165) is 5.69 Å². The van der Waals surface area contributed by atoms with Crippen molar-refractivity contribution in [3.63, 3.8) is 0 Å². The smallest absolute Gasteiger partial charge is 0.212 e. The first kappa shape index (κ1) is 14.7. The van der Waals surface area contributed by atoms with Crippen molar-refractivity contribution >= 4 is 12.2 Å². The van der Waals surface area contributed by atoms with Gasteiger partial charge in [-0.25, -0.2) is 4.98 Å². The number of amides is 1. The normalized spacial score (nSPS) is 10.3. The largest absolute Gasteiger partial charge is 0.455 e. The lowest BCUT2D eigenvalue weighted by Crippen LogP contribution is -1.99. The molecule has 7 heteroatoms. The molecule has 0 aromatic carbocycles. The summed E-state index contributed by atoms with van der Waals surface area (Å²) in [6, 6.07) is 8.71. The van der Waals surface area contributed by atoms with Gasteiger partial charge in [-0.2, -0.15) is 0 Å². The van der Waals surface area contributed by atoms with Gasteiger partial charge in [-0.15, -0.1) is 0 Å². The van der Waals surface area contributed by atoms with Crippen LogP contribution in [0.4, 0.5) is 5.82 Å². The van der Waals surface area contributed by atoms with Gasteiger partial charge in [0.1, 0.15) is 23.0 Å². The minimum Gasteiger partial charge on any atom is -0.455 e. The molecule has 0 unspecified atom stereocenters. The molecule has 0 spiro atoms. The molecule has 0 saturated heterocycles. The van der Waals surface area contributed by atoms with Crippen LogP contribution in [0.25, 0.3) is 11.5 Å². The predicted molar refractivity (Wildman–Crippen MR) is 83.2 cm³/mol. The number of hydrogen-bond acceptors (Lipinski definition) is 6. The molecule has 0 fully saturated rings. The molecule has 0 saturated carbocycles. The second-order valence-corrected chi connectivity index (χ2v) is 4.85. The molecule has 1 amide bonds. The number of carbonyl (C=O) groups is 1. The van der Waals surface area contributed by atoms with Crippen molar-refractivity contribution in [3.8, 4) is 23.0 Å². The zero-order chi connectivity index (χ0) is 16.2. The number of carbonyl (C=O) groups excluding carboxylic acids is 1. The average molecular weight is 310 g/mol. The molecule has 0 radical (unpaired) electrons. The van der Waals surface area contributed by atoms with E-state index in [1.54, 1.807) is 43.5 Å². The molecule has 116 valence electrons. The first-order valence-electron chi connectivity index (χ1n) is 6.91. The fourth-order valence-electron chi connectivity index (χ4n) is 2.02. The van der Waals surface area contributed by atoms with E-state index in [-0.39, 0.29) is 0 Å². The fourth-order valence-corrected chi connectivity index (χ4v) is 2.02. The molecule has 0 aliphatic heterocycles. The Kier molecular flexibility index (Phi) is 4.01. The van der Waals surface area contributed by atoms with E-state index in [4.69, 9.17) is 9.26 Å². The molecule has 0 aliphatic rings.